The Bertz CT molecular complexity index is 1470. The lowest BCUT2D eigenvalue weighted by Crippen LogP contribution is -2.16. The van der Waals surface area contributed by atoms with Crippen LogP contribution in [0.3, 0.4) is 0 Å². The number of hydrogen-bond donors (Lipinski definition) is 2. The zero-order valence-corrected chi connectivity index (χ0v) is 19.8. The molecule has 1 aliphatic carbocycles. The third-order valence-electron chi connectivity index (χ3n) is 6.76. The van der Waals surface area contributed by atoms with Gasteiger partial charge in [-0.3, -0.25) is 4.79 Å². The summed E-state index contributed by atoms with van der Waals surface area (Å²) in [6, 6.07) is 8.85. The predicted molar refractivity (Wildman–Crippen MR) is 131 cm³/mol. The van der Waals surface area contributed by atoms with Crippen LogP contribution in [0.2, 0.25) is 0 Å². The highest BCUT2D eigenvalue weighted by atomic mass is 19.1. The van der Waals surface area contributed by atoms with E-state index >= 15 is 4.39 Å². The van der Waals surface area contributed by atoms with Crippen molar-refractivity contribution in [3.8, 4) is 17.1 Å². The van der Waals surface area contributed by atoms with Crippen LogP contribution < -0.4 is 10.6 Å². The molecule has 0 spiro atoms. The summed E-state index contributed by atoms with van der Waals surface area (Å²) >= 11 is 0. The number of carbonyl (C=O) groups is 1. The summed E-state index contributed by atoms with van der Waals surface area (Å²) in [6.45, 7) is 6.48. The fourth-order valence-electron chi connectivity index (χ4n) is 4.58. The lowest BCUT2D eigenvalue weighted by atomic mass is 10.0. The Balaban J connectivity index is 1.30. The van der Waals surface area contributed by atoms with Crippen molar-refractivity contribution in [2.24, 2.45) is 0 Å². The van der Waals surface area contributed by atoms with Gasteiger partial charge in [-0.1, -0.05) is 0 Å². The number of nitrogens with one attached hydrogen (secondary N) is 2. The van der Waals surface area contributed by atoms with Crippen molar-refractivity contribution in [3.05, 3.63) is 71.1 Å². The Labute approximate surface area is 202 Å². The summed E-state index contributed by atoms with van der Waals surface area (Å²) in [7, 11) is 0. The molecular formula is C26H26FN7O. The molecule has 0 bridgehead atoms. The van der Waals surface area contributed by atoms with Crippen molar-refractivity contribution in [1.29, 1.82) is 0 Å². The van der Waals surface area contributed by atoms with E-state index in [0.29, 0.717) is 41.0 Å². The van der Waals surface area contributed by atoms with Gasteiger partial charge >= 0.3 is 0 Å². The Morgan fingerprint density at radius 2 is 2.06 bits per heavy atom. The molecule has 2 N–H and O–H groups in total. The summed E-state index contributed by atoms with van der Waals surface area (Å²) in [4.78, 5) is 21.2. The molecule has 2 aromatic carbocycles. The number of anilines is 2. The van der Waals surface area contributed by atoms with E-state index in [1.54, 1.807) is 21.6 Å². The van der Waals surface area contributed by atoms with Gasteiger partial charge in [-0.2, -0.15) is 4.98 Å². The van der Waals surface area contributed by atoms with E-state index in [1.165, 1.54) is 6.07 Å². The number of imidazole rings is 1. The van der Waals surface area contributed by atoms with Crippen molar-refractivity contribution in [2.45, 2.75) is 52.1 Å². The molecular weight excluding hydrogens is 445 g/mol. The molecule has 0 radical (unpaired) electrons. The van der Waals surface area contributed by atoms with Crippen LogP contribution in [0.15, 0.2) is 42.9 Å². The Morgan fingerprint density at radius 3 is 2.80 bits per heavy atom. The Hall–Kier alpha value is -4.01. The molecule has 35 heavy (non-hydrogen) atoms. The minimum atomic E-state index is -0.356. The van der Waals surface area contributed by atoms with E-state index in [4.69, 9.17) is 0 Å². The van der Waals surface area contributed by atoms with Crippen molar-refractivity contribution in [2.75, 3.05) is 5.32 Å². The molecule has 178 valence electrons. The van der Waals surface area contributed by atoms with E-state index in [2.05, 4.69) is 25.7 Å². The average molecular weight is 472 g/mol. The molecule has 1 unspecified atom stereocenters. The highest BCUT2D eigenvalue weighted by Gasteiger charge is 2.27. The molecule has 8 nitrogen and oxygen atoms in total. The van der Waals surface area contributed by atoms with Crippen molar-refractivity contribution in [1.82, 2.24) is 29.6 Å². The van der Waals surface area contributed by atoms with Crippen LogP contribution >= 0.6 is 0 Å². The fraction of sp³-hybridized carbons (Fsp3) is 0.308. The number of benzene rings is 2. The maximum Gasteiger partial charge on any atom is 0.252 e. The molecule has 0 saturated heterocycles. The summed E-state index contributed by atoms with van der Waals surface area (Å²) < 4.78 is 18.6. The van der Waals surface area contributed by atoms with Gasteiger partial charge in [0.15, 0.2) is 5.82 Å². The van der Waals surface area contributed by atoms with Crippen LogP contribution in [0, 0.1) is 12.7 Å². The Morgan fingerprint density at radius 1 is 1.23 bits per heavy atom. The molecule has 6 rings (SSSR count). The van der Waals surface area contributed by atoms with Gasteiger partial charge in [0.05, 0.1) is 23.8 Å². The van der Waals surface area contributed by atoms with Crippen LogP contribution in [0.25, 0.3) is 17.1 Å². The number of hydrogen-bond acceptors (Lipinski definition) is 5. The first-order valence-corrected chi connectivity index (χ1v) is 11.9. The topological polar surface area (TPSA) is 89.7 Å². The molecule has 1 fully saturated rings. The largest absolute Gasteiger partial charge is 0.345 e. The van der Waals surface area contributed by atoms with Gasteiger partial charge in [0.2, 0.25) is 5.95 Å². The van der Waals surface area contributed by atoms with Gasteiger partial charge in [-0.15, -0.1) is 5.10 Å². The maximum absolute atomic E-state index is 15.1. The smallest absolute Gasteiger partial charge is 0.252 e. The van der Waals surface area contributed by atoms with Crippen LogP contribution in [0.5, 0.6) is 0 Å². The van der Waals surface area contributed by atoms with E-state index in [-0.39, 0.29) is 17.8 Å². The summed E-state index contributed by atoms with van der Waals surface area (Å²) in [5.41, 5.74) is 5.51. The molecule has 1 amide bonds. The third-order valence-corrected chi connectivity index (χ3v) is 6.76. The molecule has 2 aromatic heterocycles. The van der Waals surface area contributed by atoms with Crippen LogP contribution in [0.1, 0.15) is 65.8 Å². The van der Waals surface area contributed by atoms with Gasteiger partial charge in [0, 0.05) is 35.5 Å². The lowest BCUT2D eigenvalue weighted by Gasteiger charge is -2.12. The summed E-state index contributed by atoms with van der Waals surface area (Å²) in [5.74, 6) is 1.11. The summed E-state index contributed by atoms with van der Waals surface area (Å²) in [6.07, 6.45) is 5.88. The van der Waals surface area contributed by atoms with E-state index < -0.39 is 0 Å². The monoisotopic (exact) mass is 471 g/mol. The second-order valence-electron chi connectivity index (χ2n) is 9.30. The number of amides is 1. The minimum Gasteiger partial charge on any atom is -0.345 e. The average Bonchev–Trinajstić information content (AvgIpc) is 3.32. The molecule has 1 atom stereocenters. The minimum absolute atomic E-state index is 0.0457. The molecule has 9 heteroatoms. The second-order valence-corrected chi connectivity index (χ2v) is 9.30. The highest BCUT2D eigenvalue weighted by Crippen LogP contribution is 2.39. The maximum atomic E-state index is 15.1. The molecule has 1 aliphatic heterocycles. The van der Waals surface area contributed by atoms with Gasteiger partial charge in [0.1, 0.15) is 5.82 Å². The fourth-order valence-corrected chi connectivity index (χ4v) is 4.58. The molecule has 2 aliphatic rings. The Kier molecular flexibility index (Phi) is 4.94. The number of aromatic nitrogens is 5. The van der Waals surface area contributed by atoms with Gasteiger partial charge < -0.3 is 15.2 Å². The number of halogens is 1. The van der Waals surface area contributed by atoms with E-state index in [0.717, 1.165) is 35.3 Å². The number of rotatable bonds is 6. The summed E-state index contributed by atoms with van der Waals surface area (Å²) in [5, 5.41) is 10.9. The normalized spacial score (nSPS) is 16.9. The van der Waals surface area contributed by atoms with Crippen molar-refractivity contribution >= 4 is 17.5 Å². The first kappa shape index (κ1) is 21.5. The highest BCUT2D eigenvalue weighted by molar-refractivity contribution is 6.00. The second kappa shape index (κ2) is 8.04. The number of fused-ring (bicyclic) bond motifs is 1. The number of aryl methyl sites for hydroxylation is 2. The van der Waals surface area contributed by atoms with Crippen molar-refractivity contribution in [3.63, 3.8) is 0 Å². The standard InChI is InChI=1S/C26H26FN7O/c1-4-34-26(30-21-11-18-15(3)29-25(35)19(18)9-14(21)2)31-24(32-34)17-7-8-23(20(27)10-17)33-12-22(28-13-33)16-5-6-16/h7-13,15-16H,4-6H2,1-3H3,(H,29,35)(H,30,31,32). The van der Waals surface area contributed by atoms with Gasteiger partial charge in [0.25, 0.3) is 5.91 Å². The van der Waals surface area contributed by atoms with Gasteiger partial charge in [-0.05, 0) is 75.1 Å². The third kappa shape index (κ3) is 3.77. The first-order chi connectivity index (χ1) is 16.9. The predicted octanol–water partition coefficient (Wildman–Crippen LogP) is 5.02. The van der Waals surface area contributed by atoms with Gasteiger partial charge in [-0.25, -0.2) is 14.1 Å². The van der Waals surface area contributed by atoms with Crippen LogP contribution in [0.4, 0.5) is 16.0 Å². The molecule has 1 saturated carbocycles. The first-order valence-electron chi connectivity index (χ1n) is 11.9. The van der Waals surface area contributed by atoms with Crippen molar-refractivity contribution < 1.29 is 9.18 Å². The quantitative estimate of drug-likeness (QED) is 0.412. The van der Waals surface area contributed by atoms with Crippen LogP contribution in [-0.4, -0.2) is 30.2 Å². The lowest BCUT2D eigenvalue weighted by molar-refractivity contribution is 0.0958. The van der Waals surface area contributed by atoms with E-state index in [9.17, 15) is 4.79 Å². The molecule has 4 aromatic rings. The van der Waals surface area contributed by atoms with Crippen LogP contribution in [-0.2, 0) is 6.54 Å². The number of nitrogens with zero attached hydrogens (tertiary/aromatic N) is 5. The SMILES string of the molecule is CCn1nc(-c2ccc(-n3cnc(C4CC4)c3)c(F)c2)nc1Nc1cc2c(cc1C)C(=O)NC2C. The molecule has 3 heterocycles. The number of carbonyl (C=O) groups excluding carboxylic acids is 1. The van der Waals surface area contributed by atoms with E-state index in [1.807, 2.05) is 45.2 Å². The zero-order chi connectivity index (χ0) is 24.3. The zero-order valence-electron chi connectivity index (χ0n) is 19.8.